The topological polar surface area (TPSA) is 43.4 Å². The Bertz CT molecular complexity index is 317. The van der Waals surface area contributed by atoms with Crippen molar-refractivity contribution in [2.24, 2.45) is 0 Å². The summed E-state index contributed by atoms with van der Waals surface area (Å²) in [5.74, 6) is -0.155. The molecule has 0 unspecified atom stereocenters. The highest BCUT2D eigenvalue weighted by Gasteiger charge is 2.11. The Morgan fingerprint density at radius 2 is 2.27 bits per heavy atom. The van der Waals surface area contributed by atoms with Crippen LogP contribution in [0.3, 0.4) is 0 Å². The van der Waals surface area contributed by atoms with Gasteiger partial charge in [-0.05, 0) is 18.4 Å². The van der Waals surface area contributed by atoms with Crippen LogP contribution in [0.5, 0.6) is 0 Å². The van der Waals surface area contributed by atoms with Crippen molar-refractivity contribution in [3.63, 3.8) is 0 Å². The lowest BCUT2D eigenvalue weighted by atomic mass is 10.1. The summed E-state index contributed by atoms with van der Waals surface area (Å²) < 4.78 is 5.05. The number of hydrogen-bond acceptors (Lipinski definition) is 4. The summed E-state index contributed by atoms with van der Waals surface area (Å²) in [6.45, 7) is 2.89. The van der Waals surface area contributed by atoms with Gasteiger partial charge in [0, 0.05) is 24.0 Å². The molecule has 0 atom stereocenters. The van der Waals surface area contributed by atoms with Crippen molar-refractivity contribution in [2.45, 2.75) is 19.8 Å². The van der Waals surface area contributed by atoms with E-state index in [9.17, 15) is 9.59 Å². The molecule has 0 saturated heterocycles. The van der Waals surface area contributed by atoms with Gasteiger partial charge in [-0.2, -0.15) is 11.3 Å². The molecule has 0 bridgehead atoms. The third-order valence-electron chi connectivity index (χ3n) is 1.93. The minimum absolute atomic E-state index is 0.0101. The SMILES string of the molecule is CCOCCC(=O)CC(=O)c1ccsc1. The molecule has 0 saturated carbocycles. The fourth-order valence-corrected chi connectivity index (χ4v) is 1.78. The van der Waals surface area contributed by atoms with E-state index in [1.807, 2.05) is 12.3 Å². The molecule has 1 aromatic heterocycles. The lowest BCUT2D eigenvalue weighted by Gasteiger charge is -2.00. The number of carbonyl (C=O) groups is 2. The third-order valence-corrected chi connectivity index (χ3v) is 2.61. The van der Waals surface area contributed by atoms with Crippen molar-refractivity contribution in [3.8, 4) is 0 Å². The zero-order valence-corrected chi connectivity index (χ0v) is 9.51. The van der Waals surface area contributed by atoms with E-state index in [1.165, 1.54) is 11.3 Å². The van der Waals surface area contributed by atoms with Gasteiger partial charge in [0.05, 0.1) is 13.0 Å². The Morgan fingerprint density at radius 1 is 1.47 bits per heavy atom. The van der Waals surface area contributed by atoms with Crippen LogP contribution in [0.2, 0.25) is 0 Å². The van der Waals surface area contributed by atoms with Crippen LogP contribution in [0.15, 0.2) is 16.8 Å². The highest BCUT2D eigenvalue weighted by Crippen LogP contribution is 2.09. The molecule has 0 N–H and O–H groups in total. The fourth-order valence-electron chi connectivity index (χ4n) is 1.12. The quantitative estimate of drug-likeness (QED) is 0.407. The number of carbonyl (C=O) groups excluding carboxylic acids is 2. The Kier molecular flexibility index (Phi) is 5.21. The smallest absolute Gasteiger partial charge is 0.171 e. The normalized spacial score (nSPS) is 10.2. The van der Waals surface area contributed by atoms with Crippen LogP contribution in [0.1, 0.15) is 30.1 Å². The number of Topliss-reactive ketones (excluding diaryl/α,β-unsaturated/α-hetero) is 2. The van der Waals surface area contributed by atoms with Gasteiger partial charge >= 0.3 is 0 Å². The lowest BCUT2D eigenvalue weighted by Crippen LogP contribution is -2.10. The van der Waals surface area contributed by atoms with Crippen LogP contribution >= 0.6 is 11.3 Å². The van der Waals surface area contributed by atoms with Gasteiger partial charge in [-0.3, -0.25) is 9.59 Å². The fraction of sp³-hybridized carbons (Fsp3) is 0.455. The average Bonchev–Trinajstić information content (AvgIpc) is 2.70. The van der Waals surface area contributed by atoms with Crippen molar-refractivity contribution in [1.29, 1.82) is 0 Å². The molecule has 0 radical (unpaired) electrons. The van der Waals surface area contributed by atoms with Crippen LogP contribution in [-0.4, -0.2) is 24.8 Å². The molecule has 1 heterocycles. The van der Waals surface area contributed by atoms with Crippen molar-refractivity contribution < 1.29 is 14.3 Å². The summed E-state index contributed by atoms with van der Waals surface area (Å²) in [6, 6.07) is 1.74. The molecule has 0 aliphatic rings. The predicted molar refractivity (Wildman–Crippen MR) is 59.4 cm³/mol. The molecule has 15 heavy (non-hydrogen) atoms. The van der Waals surface area contributed by atoms with Gasteiger partial charge < -0.3 is 4.74 Å². The van der Waals surface area contributed by atoms with E-state index in [4.69, 9.17) is 4.74 Å². The molecular weight excluding hydrogens is 212 g/mol. The maximum atomic E-state index is 11.5. The standard InChI is InChI=1S/C11H14O3S/c1-2-14-5-3-10(12)7-11(13)9-4-6-15-8-9/h4,6,8H,2-3,5,7H2,1H3. The number of ether oxygens (including phenoxy) is 1. The summed E-state index contributed by atoms with van der Waals surface area (Å²) in [5.41, 5.74) is 0.629. The molecule has 0 aromatic carbocycles. The predicted octanol–water partition coefficient (Wildman–Crippen LogP) is 2.32. The van der Waals surface area contributed by atoms with Gasteiger partial charge in [0.2, 0.25) is 0 Å². The highest BCUT2D eigenvalue weighted by atomic mass is 32.1. The second-order valence-corrected chi connectivity index (χ2v) is 3.88. The molecule has 0 aliphatic carbocycles. The van der Waals surface area contributed by atoms with Crippen LogP contribution in [-0.2, 0) is 9.53 Å². The zero-order valence-electron chi connectivity index (χ0n) is 8.69. The molecule has 3 nitrogen and oxygen atoms in total. The first-order valence-corrected chi connectivity index (χ1v) is 5.83. The van der Waals surface area contributed by atoms with Crippen LogP contribution in [0.4, 0.5) is 0 Å². The number of ketones is 2. The van der Waals surface area contributed by atoms with Crippen molar-refractivity contribution >= 4 is 22.9 Å². The minimum atomic E-state index is -0.0993. The van der Waals surface area contributed by atoms with E-state index in [2.05, 4.69) is 0 Å². The van der Waals surface area contributed by atoms with E-state index >= 15 is 0 Å². The van der Waals surface area contributed by atoms with E-state index < -0.39 is 0 Å². The van der Waals surface area contributed by atoms with Crippen LogP contribution in [0.25, 0.3) is 0 Å². The summed E-state index contributed by atoms with van der Waals surface area (Å²) in [4.78, 5) is 22.8. The highest BCUT2D eigenvalue weighted by molar-refractivity contribution is 7.08. The first-order valence-electron chi connectivity index (χ1n) is 4.89. The van der Waals surface area contributed by atoms with Gasteiger partial charge in [0.1, 0.15) is 5.78 Å². The van der Waals surface area contributed by atoms with Crippen molar-refractivity contribution in [2.75, 3.05) is 13.2 Å². The third kappa shape index (κ3) is 4.36. The maximum Gasteiger partial charge on any atom is 0.171 e. The molecule has 0 aliphatic heterocycles. The molecule has 4 heteroatoms. The van der Waals surface area contributed by atoms with Gasteiger partial charge in [-0.1, -0.05) is 0 Å². The van der Waals surface area contributed by atoms with Crippen LogP contribution < -0.4 is 0 Å². The zero-order chi connectivity index (χ0) is 11.1. The Balaban J connectivity index is 2.29. The summed E-state index contributed by atoms with van der Waals surface area (Å²) >= 11 is 1.46. The maximum absolute atomic E-state index is 11.5. The van der Waals surface area contributed by atoms with E-state index in [0.29, 0.717) is 25.2 Å². The molecule has 82 valence electrons. The first kappa shape index (κ1) is 12.1. The van der Waals surface area contributed by atoms with E-state index in [-0.39, 0.29) is 18.0 Å². The van der Waals surface area contributed by atoms with Gasteiger partial charge in [0.15, 0.2) is 5.78 Å². The number of rotatable bonds is 7. The average molecular weight is 226 g/mol. The molecule has 1 aromatic rings. The first-order chi connectivity index (χ1) is 7.24. The number of thiophene rings is 1. The van der Waals surface area contributed by atoms with E-state index in [0.717, 1.165) is 0 Å². The Hall–Kier alpha value is -1.000. The molecule has 1 rings (SSSR count). The summed E-state index contributed by atoms with van der Waals surface area (Å²) in [7, 11) is 0. The van der Waals surface area contributed by atoms with Gasteiger partial charge in [0.25, 0.3) is 0 Å². The largest absolute Gasteiger partial charge is 0.381 e. The second-order valence-electron chi connectivity index (χ2n) is 3.10. The monoisotopic (exact) mass is 226 g/mol. The number of hydrogen-bond donors (Lipinski definition) is 0. The Labute approximate surface area is 93.1 Å². The summed E-state index contributed by atoms with van der Waals surface area (Å²) in [5, 5.41) is 3.59. The van der Waals surface area contributed by atoms with Crippen molar-refractivity contribution in [1.82, 2.24) is 0 Å². The Morgan fingerprint density at radius 3 is 2.87 bits per heavy atom. The van der Waals surface area contributed by atoms with Gasteiger partial charge in [-0.25, -0.2) is 0 Å². The molecule has 0 fully saturated rings. The van der Waals surface area contributed by atoms with E-state index in [1.54, 1.807) is 11.4 Å². The van der Waals surface area contributed by atoms with Gasteiger partial charge in [-0.15, -0.1) is 0 Å². The summed E-state index contributed by atoms with van der Waals surface area (Å²) in [6.07, 6.45) is 0.313. The van der Waals surface area contributed by atoms with Crippen LogP contribution in [0, 0.1) is 0 Å². The molecule has 0 spiro atoms. The molecular formula is C11H14O3S. The minimum Gasteiger partial charge on any atom is -0.381 e. The van der Waals surface area contributed by atoms with Crippen molar-refractivity contribution in [3.05, 3.63) is 22.4 Å². The lowest BCUT2D eigenvalue weighted by molar-refractivity contribution is -0.119. The second kappa shape index (κ2) is 6.48. The molecule has 0 amide bonds.